The number of likely N-dealkylation sites (tertiary alicyclic amines) is 1. The summed E-state index contributed by atoms with van der Waals surface area (Å²) in [5.74, 6) is 0.388. The first-order valence-corrected chi connectivity index (χ1v) is 10.2. The Kier molecular flexibility index (Phi) is 6.21. The van der Waals surface area contributed by atoms with E-state index >= 15 is 0 Å². The molecule has 0 saturated carbocycles. The number of nitrogens with zero attached hydrogens (tertiary/aromatic N) is 3. The summed E-state index contributed by atoms with van der Waals surface area (Å²) in [7, 11) is 1.52. The van der Waals surface area contributed by atoms with Gasteiger partial charge in [-0.15, -0.1) is 0 Å². The monoisotopic (exact) mass is 417 g/mol. The third-order valence-electron chi connectivity index (χ3n) is 5.19. The van der Waals surface area contributed by atoms with E-state index in [2.05, 4.69) is 9.97 Å². The van der Waals surface area contributed by atoms with Crippen molar-refractivity contribution in [2.75, 3.05) is 20.2 Å². The van der Waals surface area contributed by atoms with Gasteiger partial charge in [-0.05, 0) is 18.9 Å². The Bertz CT molecular complexity index is 1070. The standard InChI is InChI=1S/C24H23N3O4/c1-30-21-14-25-15-22(26-21)31-18-10-7-13-27(16-18)24(29)20-12-6-5-11-19(20)23(28)17-8-3-2-4-9-17/h2-6,8-9,11-12,14-15,18H,7,10,13,16H2,1H3. The third-order valence-corrected chi connectivity index (χ3v) is 5.19. The third kappa shape index (κ3) is 4.71. The lowest BCUT2D eigenvalue weighted by atomic mass is 9.97. The van der Waals surface area contributed by atoms with E-state index in [-0.39, 0.29) is 17.8 Å². The molecule has 2 heterocycles. The first-order chi connectivity index (χ1) is 15.2. The Labute approximate surface area is 180 Å². The lowest BCUT2D eigenvalue weighted by Gasteiger charge is -2.33. The van der Waals surface area contributed by atoms with E-state index in [0.29, 0.717) is 41.5 Å². The molecule has 1 saturated heterocycles. The maximum Gasteiger partial charge on any atom is 0.254 e. The largest absolute Gasteiger partial charge is 0.480 e. The van der Waals surface area contributed by atoms with E-state index in [1.807, 2.05) is 18.2 Å². The SMILES string of the molecule is COc1cncc(OC2CCCN(C(=O)c3ccccc3C(=O)c3ccccc3)C2)n1. The van der Waals surface area contributed by atoms with Crippen LogP contribution < -0.4 is 9.47 Å². The van der Waals surface area contributed by atoms with Crippen LogP contribution in [0, 0.1) is 0 Å². The second-order valence-electron chi connectivity index (χ2n) is 7.27. The average Bonchev–Trinajstić information content (AvgIpc) is 2.84. The number of amides is 1. The van der Waals surface area contributed by atoms with Crippen LogP contribution in [0.3, 0.4) is 0 Å². The van der Waals surface area contributed by atoms with Gasteiger partial charge in [0, 0.05) is 17.7 Å². The van der Waals surface area contributed by atoms with Crippen molar-refractivity contribution in [2.45, 2.75) is 18.9 Å². The summed E-state index contributed by atoms with van der Waals surface area (Å²) in [5, 5.41) is 0. The number of hydrogen-bond donors (Lipinski definition) is 0. The van der Waals surface area contributed by atoms with Crippen molar-refractivity contribution >= 4 is 11.7 Å². The van der Waals surface area contributed by atoms with Crippen LogP contribution in [-0.4, -0.2) is 52.9 Å². The molecule has 1 fully saturated rings. The summed E-state index contributed by atoms with van der Waals surface area (Å²) in [4.78, 5) is 36.3. The van der Waals surface area contributed by atoms with E-state index in [0.717, 1.165) is 12.8 Å². The molecular weight excluding hydrogens is 394 g/mol. The smallest absolute Gasteiger partial charge is 0.254 e. The van der Waals surface area contributed by atoms with Gasteiger partial charge in [-0.25, -0.2) is 0 Å². The molecule has 1 atom stereocenters. The molecule has 1 amide bonds. The molecule has 7 nitrogen and oxygen atoms in total. The number of carbonyl (C=O) groups is 2. The zero-order valence-corrected chi connectivity index (χ0v) is 17.2. The van der Waals surface area contributed by atoms with Crippen LogP contribution in [0.5, 0.6) is 11.8 Å². The summed E-state index contributed by atoms with van der Waals surface area (Å²) < 4.78 is 11.0. The van der Waals surface area contributed by atoms with E-state index in [1.54, 1.807) is 41.3 Å². The number of aromatic nitrogens is 2. The van der Waals surface area contributed by atoms with Crippen molar-refractivity contribution in [1.29, 1.82) is 0 Å². The molecule has 1 aromatic heterocycles. The predicted molar refractivity (Wildman–Crippen MR) is 114 cm³/mol. The van der Waals surface area contributed by atoms with Gasteiger partial charge in [0.1, 0.15) is 6.10 Å². The molecule has 7 heteroatoms. The van der Waals surface area contributed by atoms with Crippen molar-refractivity contribution in [1.82, 2.24) is 14.9 Å². The molecule has 0 bridgehead atoms. The van der Waals surface area contributed by atoms with Crippen LogP contribution in [0.25, 0.3) is 0 Å². The molecule has 0 radical (unpaired) electrons. The van der Waals surface area contributed by atoms with Gasteiger partial charge in [0.2, 0.25) is 11.8 Å². The van der Waals surface area contributed by atoms with Gasteiger partial charge in [-0.3, -0.25) is 14.6 Å². The maximum atomic E-state index is 13.3. The highest BCUT2D eigenvalue weighted by Gasteiger charge is 2.28. The molecule has 4 rings (SSSR count). The predicted octanol–water partition coefficient (Wildman–Crippen LogP) is 3.40. The lowest BCUT2D eigenvalue weighted by Crippen LogP contribution is -2.44. The van der Waals surface area contributed by atoms with Crippen molar-refractivity contribution in [3.8, 4) is 11.8 Å². The van der Waals surface area contributed by atoms with E-state index in [4.69, 9.17) is 9.47 Å². The van der Waals surface area contributed by atoms with Crippen LogP contribution in [0.2, 0.25) is 0 Å². The van der Waals surface area contributed by atoms with Gasteiger partial charge >= 0.3 is 0 Å². The van der Waals surface area contributed by atoms with Crippen LogP contribution in [-0.2, 0) is 0 Å². The van der Waals surface area contributed by atoms with Crippen LogP contribution in [0.15, 0.2) is 67.0 Å². The molecule has 2 aromatic carbocycles. The number of ketones is 1. The number of methoxy groups -OCH3 is 1. The van der Waals surface area contributed by atoms with Gasteiger partial charge < -0.3 is 14.4 Å². The first kappa shape index (κ1) is 20.5. The second-order valence-corrected chi connectivity index (χ2v) is 7.27. The number of benzene rings is 2. The number of carbonyl (C=O) groups excluding carboxylic acids is 2. The number of hydrogen-bond acceptors (Lipinski definition) is 6. The molecule has 0 N–H and O–H groups in total. The minimum absolute atomic E-state index is 0.166. The highest BCUT2D eigenvalue weighted by atomic mass is 16.5. The fraction of sp³-hybridized carbons (Fsp3) is 0.250. The summed E-state index contributed by atoms with van der Waals surface area (Å²) in [6.07, 6.45) is 4.41. The topological polar surface area (TPSA) is 81.6 Å². The molecule has 31 heavy (non-hydrogen) atoms. The molecule has 1 aliphatic heterocycles. The van der Waals surface area contributed by atoms with Crippen LogP contribution in [0.4, 0.5) is 0 Å². The highest BCUT2D eigenvalue weighted by Crippen LogP contribution is 2.22. The second kappa shape index (κ2) is 9.38. The van der Waals surface area contributed by atoms with Gasteiger partial charge in [-0.1, -0.05) is 48.5 Å². The number of piperidine rings is 1. The lowest BCUT2D eigenvalue weighted by molar-refractivity contribution is 0.0523. The molecule has 3 aromatic rings. The van der Waals surface area contributed by atoms with Crippen molar-refractivity contribution < 1.29 is 19.1 Å². The van der Waals surface area contributed by atoms with Crippen LogP contribution >= 0.6 is 0 Å². The fourth-order valence-corrected chi connectivity index (χ4v) is 3.66. The minimum atomic E-state index is -0.212. The van der Waals surface area contributed by atoms with Gasteiger partial charge in [0.25, 0.3) is 5.91 Å². The fourth-order valence-electron chi connectivity index (χ4n) is 3.66. The minimum Gasteiger partial charge on any atom is -0.480 e. The zero-order chi connectivity index (χ0) is 21.6. The quantitative estimate of drug-likeness (QED) is 0.572. The summed E-state index contributed by atoms with van der Waals surface area (Å²) >= 11 is 0. The Balaban J connectivity index is 1.51. The Hall–Kier alpha value is -3.74. The Morgan fingerprint density at radius 2 is 1.68 bits per heavy atom. The Morgan fingerprint density at radius 3 is 2.45 bits per heavy atom. The Morgan fingerprint density at radius 1 is 0.968 bits per heavy atom. The first-order valence-electron chi connectivity index (χ1n) is 10.2. The van der Waals surface area contributed by atoms with Gasteiger partial charge in [-0.2, -0.15) is 4.98 Å². The summed E-state index contributed by atoms with van der Waals surface area (Å²) in [6.45, 7) is 1.02. The van der Waals surface area contributed by atoms with Gasteiger partial charge in [0.05, 0.1) is 31.6 Å². The highest BCUT2D eigenvalue weighted by molar-refractivity contribution is 6.15. The molecule has 1 aliphatic rings. The maximum absolute atomic E-state index is 13.3. The molecular formula is C24H23N3O4. The molecule has 1 unspecified atom stereocenters. The molecule has 0 aliphatic carbocycles. The number of ether oxygens (including phenoxy) is 2. The number of rotatable bonds is 6. The van der Waals surface area contributed by atoms with E-state index < -0.39 is 0 Å². The van der Waals surface area contributed by atoms with Crippen molar-refractivity contribution in [2.24, 2.45) is 0 Å². The van der Waals surface area contributed by atoms with Crippen molar-refractivity contribution in [3.05, 3.63) is 83.7 Å². The molecule has 0 spiro atoms. The van der Waals surface area contributed by atoms with Gasteiger partial charge in [0.15, 0.2) is 5.78 Å². The summed E-state index contributed by atoms with van der Waals surface area (Å²) in [6, 6.07) is 15.9. The molecule has 158 valence electrons. The van der Waals surface area contributed by atoms with E-state index in [9.17, 15) is 9.59 Å². The zero-order valence-electron chi connectivity index (χ0n) is 17.2. The van der Waals surface area contributed by atoms with Crippen molar-refractivity contribution in [3.63, 3.8) is 0 Å². The average molecular weight is 417 g/mol. The normalized spacial score (nSPS) is 15.9. The summed E-state index contributed by atoms with van der Waals surface area (Å²) in [5.41, 5.74) is 1.36. The van der Waals surface area contributed by atoms with Crippen LogP contribution in [0.1, 0.15) is 39.1 Å². The van der Waals surface area contributed by atoms with E-state index in [1.165, 1.54) is 19.5 Å².